The Morgan fingerprint density at radius 2 is 1.44 bits per heavy atom. The normalized spacial score (nSPS) is 14.2. The zero-order chi connectivity index (χ0) is 27.3. The lowest BCUT2D eigenvalue weighted by atomic mass is 10.0. The van der Waals surface area contributed by atoms with E-state index in [4.69, 9.17) is 10.8 Å². The van der Waals surface area contributed by atoms with Crippen LogP contribution < -0.4 is 21.7 Å². The van der Waals surface area contributed by atoms with Crippen molar-refractivity contribution in [3.8, 4) is 0 Å². The first-order valence-corrected chi connectivity index (χ1v) is 13.0. The summed E-state index contributed by atoms with van der Waals surface area (Å²) in [6.45, 7) is 3.63. The number of nitrogens with two attached hydrogens (primary N) is 1. The van der Waals surface area contributed by atoms with E-state index < -0.39 is 60.2 Å². The van der Waals surface area contributed by atoms with E-state index in [2.05, 4.69) is 16.0 Å². The van der Waals surface area contributed by atoms with Crippen molar-refractivity contribution in [1.29, 1.82) is 0 Å². The van der Waals surface area contributed by atoms with Crippen LogP contribution in [0.15, 0.2) is 30.3 Å². The summed E-state index contributed by atoms with van der Waals surface area (Å²) in [7, 11) is 0. The Balaban J connectivity index is 2.94. The lowest BCUT2D eigenvalue weighted by molar-refractivity contribution is -0.147. The van der Waals surface area contributed by atoms with Crippen LogP contribution in [0.3, 0.4) is 0 Å². The maximum Gasteiger partial charge on any atom is 0.326 e. The van der Waals surface area contributed by atoms with Gasteiger partial charge in [0.05, 0.1) is 12.5 Å². The SMILES string of the molecule is CSCCC(NC(=O)C(N)Cc1ccccc1)C(=O)NC(CC(C)C)C(=O)NC(CC(=O)O)C(=O)O. The highest BCUT2D eigenvalue weighted by Crippen LogP contribution is 2.09. The fourth-order valence-corrected chi connectivity index (χ4v) is 3.84. The highest BCUT2D eigenvalue weighted by molar-refractivity contribution is 7.98. The Morgan fingerprint density at radius 1 is 0.889 bits per heavy atom. The number of hydrogen-bond donors (Lipinski definition) is 6. The Hall–Kier alpha value is -3.12. The number of hydrogen-bond acceptors (Lipinski definition) is 7. The van der Waals surface area contributed by atoms with Crippen LogP contribution >= 0.6 is 11.8 Å². The predicted octanol–water partition coefficient (Wildman–Crippen LogP) is 0.369. The highest BCUT2D eigenvalue weighted by Gasteiger charge is 2.31. The lowest BCUT2D eigenvalue weighted by Gasteiger charge is -2.26. The van der Waals surface area contributed by atoms with E-state index in [1.54, 1.807) is 0 Å². The molecule has 1 aromatic rings. The Bertz CT molecular complexity index is 898. The molecule has 0 radical (unpaired) electrons. The highest BCUT2D eigenvalue weighted by atomic mass is 32.2. The van der Waals surface area contributed by atoms with Gasteiger partial charge >= 0.3 is 11.9 Å². The van der Waals surface area contributed by atoms with Gasteiger partial charge in [0.25, 0.3) is 0 Å². The number of benzene rings is 1. The fourth-order valence-electron chi connectivity index (χ4n) is 3.37. The second kappa shape index (κ2) is 15.8. The topological polar surface area (TPSA) is 188 Å². The minimum Gasteiger partial charge on any atom is -0.481 e. The first-order valence-electron chi connectivity index (χ1n) is 11.6. The van der Waals surface area contributed by atoms with Gasteiger partial charge in [-0.05, 0) is 42.8 Å². The second-order valence-corrected chi connectivity index (χ2v) is 9.81. The van der Waals surface area contributed by atoms with Gasteiger partial charge in [0.2, 0.25) is 17.7 Å². The number of rotatable bonds is 16. The van der Waals surface area contributed by atoms with E-state index in [9.17, 15) is 29.1 Å². The van der Waals surface area contributed by atoms with Crippen molar-refractivity contribution in [3.05, 3.63) is 35.9 Å². The number of carboxylic acid groups (broad SMARTS) is 2. The summed E-state index contributed by atoms with van der Waals surface area (Å²) in [5, 5.41) is 25.6. The molecule has 200 valence electrons. The molecular formula is C24H36N4O7S. The third-order valence-corrected chi connectivity index (χ3v) is 5.86. The molecule has 0 spiro atoms. The molecular weight excluding hydrogens is 488 g/mol. The van der Waals surface area contributed by atoms with Crippen LogP contribution in [0, 0.1) is 5.92 Å². The van der Waals surface area contributed by atoms with Crippen LogP contribution in [0.5, 0.6) is 0 Å². The summed E-state index contributed by atoms with van der Waals surface area (Å²) in [6, 6.07) is 4.57. The maximum absolute atomic E-state index is 13.1. The van der Waals surface area contributed by atoms with Crippen LogP contribution in [0.1, 0.15) is 38.7 Å². The Labute approximate surface area is 215 Å². The number of amides is 3. The van der Waals surface area contributed by atoms with Gasteiger partial charge in [-0.2, -0.15) is 11.8 Å². The third kappa shape index (κ3) is 11.5. The van der Waals surface area contributed by atoms with Crippen LogP contribution in [-0.4, -0.2) is 76.0 Å². The molecule has 0 aliphatic rings. The third-order valence-electron chi connectivity index (χ3n) is 5.21. The second-order valence-electron chi connectivity index (χ2n) is 8.83. The van der Waals surface area contributed by atoms with Gasteiger partial charge < -0.3 is 31.9 Å². The molecule has 1 rings (SSSR count). The summed E-state index contributed by atoms with van der Waals surface area (Å²) >= 11 is 1.48. The van der Waals surface area contributed by atoms with Crippen molar-refractivity contribution in [3.63, 3.8) is 0 Å². The van der Waals surface area contributed by atoms with Gasteiger partial charge in [-0.15, -0.1) is 0 Å². The van der Waals surface area contributed by atoms with Crippen LogP contribution in [0.25, 0.3) is 0 Å². The number of carboxylic acids is 2. The first kappa shape index (κ1) is 30.9. The maximum atomic E-state index is 13.1. The molecule has 0 saturated carbocycles. The molecule has 36 heavy (non-hydrogen) atoms. The minimum absolute atomic E-state index is 0.0534. The smallest absolute Gasteiger partial charge is 0.326 e. The summed E-state index contributed by atoms with van der Waals surface area (Å²) in [4.78, 5) is 60.9. The van der Waals surface area contributed by atoms with Gasteiger partial charge in [0.15, 0.2) is 0 Å². The van der Waals surface area contributed by atoms with Crippen LogP contribution in [0.4, 0.5) is 0 Å². The number of aliphatic carboxylic acids is 2. The monoisotopic (exact) mass is 524 g/mol. The van der Waals surface area contributed by atoms with Crippen molar-refractivity contribution in [2.45, 2.75) is 63.7 Å². The van der Waals surface area contributed by atoms with E-state index in [1.807, 2.05) is 50.4 Å². The molecule has 0 saturated heterocycles. The number of nitrogens with one attached hydrogen (secondary N) is 3. The van der Waals surface area contributed by atoms with Gasteiger partial charge in [0.1, 0.15) is 18.1 Å². The van der Waals surface area contributed by atoms with Crippen molar-refractivity contribution in [2.24, 2.45) is 11.7 Å². The average Bonchev–Trinajstić information content (AvgIpc) is 2.80. The molecule has 7 N–H and O–H groups in total. The molecule has 1 aromatic carbocycles. The molecule has 4 unspecified atom stereocenters. The molecule has 3 amide bonds. The van der Waals surface area contributed by atoms with Crippen molar-refractivity contribution in [2.75, 3.05) is 12.0 Å². The summed E-state index contributed by atoms with van der Waals surface area (Å²) in [6.07, 6.45) is 1.77. The first-order chi connectivity index (χ1) is 16.9. The standard InChI is InChI=1S/C24H36N4O7S/c1-14(2)11-18(23(33)28-19(24(34)35)13-20(29)30)27-22(32)17(9-10-36-3)26-21(31)16(25)12-15-7-5-4-6-8-15/h4-8,14,16-19H,9-13,25H2,1-3H3,(H,26,31)(H,27,32)(H,28,33)(H,29,30)(H,34,35). The molecule has 0 aromatic heterocycles. The molecule has 11 nitrogen and oxygen atoms in total. The molecule has 0 heterocycles. The Morgan fingerprint density at radius 3 is 1.97 bits per heavy atom. The average molecular weight is 525 g/mol. The van der Waals surface area contributed by atoms with Crippen molar-refractivity contribution < 1.29 is 34.2 Å². The van der Waals surface area contributed by atoms with Gasteiger partial charge in [-0.25, -0.2) is 4.79 Å². The van der Waals surface area contributed by atoms with E-state index >= 15 is 0 Å². The number of thioether (sulfide) groups is 1. The van der Waals surface area contributed by atoms with E-state index in [-0.39, 0.29) is 25.2 Å². The quantitative estimate of drug-likeness (QED) is 0.177. The fraction of sp³-hybridized carbons (Fsp3) is 0.542. The van der Waals surface area contributed by atoms with E-state index in [0.29, 0.717) is 5.75 Å². The molecule has 12 heteroatoms. The molecule has 0 aliphatic heterocycles. The van der Waals surface area contributed by atoms with Crippen LogP contribution in [-0.2, 0) is 30.4 Å². The molecule has 0 aliphatic carbocycles. The van der Waals surface area contributed by atoms with Gasteiger partial charge in [-0.3, -0.25) is 19.2 Å². The molecule has 4 atom stereocenters. The van der Waals surface area contributed by atoms with Crippen LogP contribution in [0.2, 0.25) is 0 Å². The number of carbonyl (C=O) groups is 5. The van der Waals surface area contributed by atoms with E-state index in [1.165, 1.54) is 11.8 Å². The van der Waals surface area contributed by atoms with Gasteiger partial charge in [0, 0.05) is 0 Å². The molecule has 0 bridgehead atoms. The lowest BCUT2D eigenvalue weighted by Crippen LogP contribution is -2.57. The van der Waals surface area contributed by atoms with Crippen molar-refractivity contribution >= 4 is 41.4 Å². The van der Waals surface area contributed by atoms with Crippen molar-refractivity contribution in [1.82, 2.24) is 16.0 Å². The summed E-state index contributed by atoms with van der Waals surface area (Å²) in [5.41, 5.74) is 6.92. The zero-order valence-electron chi connectivity index (χ0n) is 20.7. The Kier molecular flexibility index (Phi) is 13.6. The predicted molar refractivity (Wildman–Crippen MR) is 136 cm³/mol. The molecule has 0 fully saturated rings. The number of carbonyl (C=O) groups excluding carboxylic acids is 3. The summed E-state index contributed by atoms with van der Waals surface area (Å²) in [5.74, 6) is -4.35. The summed E-state index contributed by atoms with van der Waals surface area (Å²) < 4.78 is 0. The van der Waals surface area contributed by atoms with Gasteiger partial charge in [-0.1, -0.05) is 44.2 Å². The largest absolute Gasteiger partial charge is 0.481 e. The minimum atomic E-state index is -1.65. The zero-order valence-corrected chi connectivity index (χ0v) is 21.5. The van der Waals surface area contributed by atoms with E-state index in [0.717, 1.165) is 5.56 Å².